The van der Waals surface area contributed by atoms with Gasteiger partial charge in [0.2, 0.25) is 5.91 Å². The van der Waals surface area contributed by atoms with Crippen molar-refractivity contribution in [3.05, 3.63) is 69.3 Å². The number of amides is 1. The molecule has 14 heteroatoms. The summed E-state index contributed by atoms with van der Waals surface area (Å²) in [6.07, 6.45) is 6.22. The van der Waals surface area contributed by atoms with Crippen molar-refractivity contribution in [1.82, 2.24) is 20.2 Å². The largest absolute Gasteiger partial charge is 0.481 e. The monoisotopic (exact) mass is 647 g/mol. The number of nitrogens with one attached hydrogen (secondary N) is 2. The first-order valence-corrected chi connectivity index (χ1v) is 15.1. The number of carbonyl (C=O) groups is 4. The number of nitrogens with zero attached hydrogens (tertiary/aromatic N) is 3. The van der Waals surface area contributed by atoms with E-state index in [1.165, 1.54) is 7.05 Å². The molecule has 14 nitrogen and oxygen atoms in total. The molecular weight excluding hydrogens is 610 g/mol. The smallest absolute Gasteiger partial charge is 0.326 e. The Kier molecular flexibility index (Phi) is 11.3. The fraction of sp³-hybridized carbons (Fsp3) is 0.394. The van der Waals surface area contributed by atoms with Gasteiger partial charge in [-0.2, -0.15) is 0 Å². The topological polar surface area (TPSA) is 213 Å². The number of aromatic nitrogens is 2. The quantitative estimate of drug-likeness (QED) is 0.123. The number of likely N-dealkylation sites (N-methyl/N-ethyl adjacent to an activating group) is 1. The molecule has 0 bridgehead atoms. The predicted octanol–water partition coefficient (Wildman–Crippen LogP) is 1.64. The molecule has 2 aromatic carbocycles. The maximum Gasteiger partial charge on any atom is 0.326 e. The Morgan fingerprint density at radius 2 is 1.81 bits per heavy atom. The van der Waals surface area contributed by atoms with Crippen molar-refractivity contribution in [2.45, 2.75) is 69.8 Å². The number of benzene rings is 2. The Hall–Kier alpha value is -5.26. The zero-order valence-corrected chi connectivity index (χ0v) is 25.8. The van der Waals surface area contributed by atoms with Crippen LogP contribution in [0.5, 0.6) is 0 Å². The molecule has 4 rings (SSSR count). The minimum atomic E-state index is -1.34. The first-order valence-electron chi connectivity index (χ1n) is 15.1. The van der Waals surface area contributed by atoms with Crippen molar-refractivity contribution >= 4 is 40.4 Å². The van der Waals surface area contributed by atoms with E-state index in [1.54, 1.807) is 0 Å². The van der Waals surface area contributed by atoms with Crippen molar-refractivity contribution in [1.29, 1.82) is 0 Å². The lowest BCUT2D eigenvalue weighted by atomic mass is 10.0. The number of carboxylic acid groups (broad SMARTS) is 3. The van der Waals surface area contributed by atoms with Crippen LogP contribution in [-0.4, -0.2) is 84.8 Å². The van der Waals surface area contributed by atoms with Gasteiger partial charge < -0.3 is 40.5 Å². The molecule has 0 radical (unpaired) electrons. The number of terminal acetylenes is 1. The minimum absolute atomic E-state index is 0.0942. The Balaban J connectivity index is 1.41. The third-order valence-electron chi connectivity index (χ3n) is 8.39. The number of rotatable bonds is 16. The maximum absolute atomic E-state index is 12.7. The highest BCUT2D eigenvalue weighted by molar-refractivity contribution is 5.84. The van der Waals surface area contributed by atoms with Crippen LogP contribution < -0.4 is 15.8 Å². The fourth-order valence-corrected chi connectivity index (χ4v) is 5.87. The normalized spacial score (nSPS) is 15.0. The number of anilines is 1. The number of aliphatic carboxylic acids is 3. The summed E-state index contributed by atoms with van der Waals surface area (Å²) in [6.45, 7) is 0.115. The number of aromatic amines is 1. The van der Waals surface area contributed by atoms with Gasteiger partial charge in [0.1, 0.15) is 24.5 Å². The van der Waals surface area contributed by atoms with Gasteiger partial charge >= 0.3 is 17.9 Å². The number of hydrogen-bond acceptors (Lipinski definition) is 9. The van der Waals surface area contributed by atoms with Crippen LogP contribution in [0.2, 0.25) is 0 Å². The SMILES string of the molecule is C#CCN(c1ccc(CN[C@@H](CCC(=O)N(C)[C@@H](CCC(=O)O)C(=O)O)C(=O)O)cc1)C1CCc2cc3nc(CO)[nH]c(=O)c3cc21. The van der Waals surface area contributed by atoms with Crippen LogP contribution >= 0.6 is 0 Å². The average molecular weight is 648 g/mol. The first kappa shape index (κ1) is 34.6. The third-order valence-corrected chi connectivity index (χ3v) is 8.39. The fourth-order valence-electron chi connectivity index (χ4n) is 5.87. The van der Waals surface area contributed by atoms with E-state index in [1.807, 2.05) is 36.4 Å². The molecule has 47 heavy (non-hydrogen) atoms. The zero-order chi connectivity index (χ0) is 34.2. The Labute approximate surface area is 270 Å². The molecule has 1 unspecified atom stereocenters. The molecule has 1 aromatic heterocycles. The van der Waals surface area contributed by atoms with Gasteiger partial charge in [-0.15, -0.1) is 6.42 Å². The summed E-state index contributed by atoms with van der Waals surface area (Å²) in [5.74, 6) is -1.39. The molecule has 0 fully saturated rings. The summed E-state index contributed by atoms with van der Waals surface area (Å²) < 4.78 is 0. The van der Waals surface area contributed by atoms with Crippen LogP contribution in [-0.2, 0) is 38.8 Å². The number of carboxylic acids is 3. The Morgan fingerprint density at radius 1 is 1.09 bits per heavy atom. The molecule has 1 aliphatic carbocycles. The summed E-state index contributed by atoms with van der Waals surface area (Å²) in [4.78, 5) is 69.6. The second kappa shape index (κ2) is 15.4. The van der Waals surface area contributed by atoms with E-state index < -0.39 is 42.3 Å². The highest BCUT2D eigenvalue weighted by atomic mass is 16.4. The lowest BCUT2D eigenvalue weighted by Crippen LogP contribution is -2.44. The van der Waals surface area contributed by atoms with Crippen LogP contribution in [0.3, 0.4) is 0 Å². The summed E-state index contributed by atoms with van der Waals surface area (Å²) >= 11 is 0. The van der Waals surface area contributed by atoms with Crippen LogP contribution in [0.1, 0.15) is 60.7 Å². The van der Waals surface area contributed by atoms with Crippen molar-refractivity contribution in [2.75, 3.05) is 18.5 Å². The molecule has 0 saturated carbocycles. The van der Waals surface area contributed by atoms with Crippen molar-refractivity contribution in [3.63, 3.8) is 0 Å². The van der Waals surface area contributed by atoms with E-state index in [0.29, 0.717) is 17.4 Å². The summed E-state index contributed by atoms with van der Waals surface area (Å²) in [7, 11) is 1.26. The Bertz CT molecular complexity index is 1750. The number of carbonyl (C=O) groups excluding carboxylic acids is 1. The van der Waals surface area contributed by atoms with E-state index >= 15 is 0 Å². The predicted molar refractivity (Wildman–Crippen MR) is 171 cm³/mol. The highest BCUT2D eigenvalue weighted by Crippen LogP contribution is 2.39. The van der Waals surface area contributed by atoms with Crippen LogP contribution in [0.25, 0.3) is 10.9 Å². The van der Waals surface area contributed by atoms with Crippen LogP contribution in [0.15, 0.2) is 41.2 Å². The lowest BCUT2D eigenvalue weighted by molar-refractivity contribution is -0.150. The number of H-pyrrole nitrogens is 1. The number of hydrogen-bond donors (Lipinski definition) is 6. The molecule has 1 heterocycles. The first-order chi connectivity index (χ1) is 22.4. The molecular formula is C33H37N5O9. The van der Waals surface area contributed by atoms with Crippen molar-refractivity contribution in [3.8, 4) is 12.3 Å². The number of aliphatic hydroxyl groups excluding tert-OH is 1. The van der Waals surface area contributed by atoms with Gasteiger partial charge in [-0.25, -0.2) is 9.78 Å². The molecule has 6 N–H and O–H groups in total. The van der Waals surface area contributed by atoms with Crippen LogP contribution in [0.4, 0.5) is 5.69 Å². The minimum Gasteiger partial charge on any atom is -0.481 e. The molecule has 0 saturated heterocycles. The van der Waals surface area contributed by atoms with Gasteiger partial charge in [-0.05, 0) is 66.6 Å². The summed E-state index contributed by atoms with van der Waals surface area (Å²) in [5.41, 5.74) is 3.84. The van der Waals surface area contributed by atoms with E-state index in [9.17, 15) is 39.3 Å². The van der Waals surface area contributed by atoms with E-state index in [4.69, 9.17) is 11.5 Å². The van der Waals surface area contributed by atoms with Gasteiger partial charge in [0.15, 0.2) is 0 Å². The van der Waals surface area contributed by atoms with Gasteiger partial charge in [-0.1, -0.05) is 18.1 Å². The lowest BCUT2D eigenvalue weighted by Gasteiger charge is -2.30. The van der Waals surface area contributed by atoms with E-state index in [2.05, 4.69) is 26.1 Å². The van der Waals surface area contributed by atoms with Crippen molar-refractivity contribution < 1.29 is 39.6 Å². The Morgan fingerprint density at radius 3 is 2.43 bits per heavy atom. The molecule has 248 valence electrons. The third kappa shape index (κ3) is 8.32. The number of aryl methyl sites for hydroxylation is 1. The van der Waals surface area contributed by atoms with Gasteiger partial charge in [-0.3, -0.25) is 19.2 Å². The van der Waals surface area contributed by atoms with Gasteiger partial charge in [0, 0.05) is 32.1 Å². The van der Waals surface area contributed by atoms with E-state index in [-0.39, 0.29) is 49.8 Å². The molecule has 3 aromatic rings. The number of fused-ring (bicyclic) bond motifs is 2. The number of aliphatic hydroxyl groups is 1. The van der Waals surface area contributed by atoms with E-state index in [0.717, 1.165) is 40.1 Å². The van der Waals surface area contributed by atoms with Gasteiger partial charge in [0.05, 0.1) is 23.5 Å². The summed E-state index contributed by atoms with van der Waals surface area (Å²) in [5, 5.41) is 40.8. The molecule has 1 amide bonds. The molecule has 3 atom stereocenters. The summed E-state index contributed by atoms with van der Waals surface area (Å²) in [6, 6.07) is 8.64. The maximum atomic E-state index is 12.7. The second-order valence-corrected chi connectivity index (χ2v) is 11.4. The zero-order valence-electron chi connectivity index (χ0n) is 25.8. The average Bonchev–Trinajstić information content (AvgIpc) is 3.44. The van der Waals surface area contributed by atoms with Crippen LogP contribution in [0, 0.1) is 12.3 Å². The molecule has 0 spiro atoms. The van der Waals surface area contributed by atoms with Gasteiger partial charge in [0.25, 0.3) is 5.56 Å². The van der Waals surface area contributed by atoms with Crippen molar-refractivity contribution in [2.24, 2.45) is 0 Å². The molecule has 0 aliphatic heterocycles. The second-order valence-electron chi connectivity index (χ2n) is 11.4. The highest BCUT2D eigenvalue weighted by Gasteiger charge is 2.30. The molecule has 1 aliphatic rings. The standard InChI is InChI=1S/C33H37N5O9/c1-3-14-38(26-10-6-20-15-25-23(16-22(20)26)31(43)36-28(18-39)35-25)21-7-4-19(5-8-21)17-34-24(32(44)45)9-12-29(40)37(2)27(33(46)47)11-13-30(41)42/h1,4-5,7-8,15-16,24,26-27,34,39H,6,9-14,17-18H2,2H3,(H,41,42)(H,44,45)(H,46,47)(H,35,36,43)/t24-,26?,27-/m0/s1.